The molecular weight excluding hydrogens is 701 g/mol. The van der Waals surface area contributed by atoms with Crippen molar-refractivity contribution >= 4 is 53.3 Å². The number of benzene rings is 8. The number of fused-ring (bicyclic) bond motifs is 6. The molecule has 11 aromatic rings. The van der Waals surface area contributed by atoms with E-state index in [2.05, 4.69) is 138 Å². The smallest absolute Gasteiger partial charge is 0.164 e. The van der Waals surface area contributed by atoms with Crippen LogP contribution in [0.1, 0.15) is 0 Å². The van der Waals surface area contributed by atoms with Crippen LogP contribution in [0.15, 0.2) is 194 Å². The molecule has 3 heterocycles. The highest BCUT2D eigenvalue weighted by atomic mass is 32.1. The van der Waals surface area contributed by atoms with E-state index in [-0.39, 0.29) is 0 Å². The fourth-order valence-corrected chi connectivity index (χ4v) is 9.38. The SMILES string of the molecule is c1ccc(-c2nc(-c3ccccc3)nc(-c3ccc(-c4cccc5c4sc4c(-c6ccc7c(c6)c6ccccc6n7-c6ccccc6)cccc45)cc3)n2)cc1. The standard InChI is InChI=1S/C51H32N4S/c1-4-14-34(15-5-1)49-52-50(35-16-6-2-7-17-35)54-51(53-49)36-28-26-33(27-29-36)39-21-12-23-42-43-24-13-22-40(48(43)56-47(39)42)37-30-31-46-44(32-37)41-20-10-11-25-45(41)55(46)38-18-8-3-9-19-38/h1-32H. The van der Waals surface area contributed by atoms with E-state index in [9.17, 15) is 0 Å². The second kappa shape index (κ2) is 13.3. The Labute approximate surface area is 327 Å². The minimum Gasteiger partial charge on any atom is -0.309 e. The van der Waals surface area contributed by atoms with Crippen molar-refractivity contribution in [1.29, 1.82) is 0 Å². The van der Waals surface area contributed by atoms with Gasteiger partial charge in [-0.2, -0.15) is 0 Å². The van der Waals surface area contributed by atoms with Crippen LogP contribution >= 0.6 is 11.3 Å². The number of nitrogens with zero attached hydrogens (tertiary/aromatic N) is 4. The molecule has 56 heavy (non-hydrogen) atoms. The fraction of sp³-hybridized carbons (Fsp3) is 0. The van der Waals surface area contributed by atoms with E-state index in [4.69, 9.17) is 15.0 Å². The molecule has 0 saturated carbocycles. The Bertz CT molecular complexity index is 3160. The van der Waals surface area contributed by atoms with Gasteiger partial charge in [0.05, 0.1) is 11.0 Å². The van der Waals surface area contributed by atoms with E-state index < -0.39 is 0 Å². The van der Waals surface area contributed by atoms with Gasteiger partial charge in [0, 0.05) is 53.3 Å². The zero-order valence-electron chi connectivity index (χ0n) is 30.2. The third kappa shape index (κ3) is 5.40. The van der Waals surface area contributed by atoms with Crippen LogP contribution in [0.25, 0.3) is 104 Å². The summed E-state index contributed by atoms with van der Waals surface area (Å²) in [6.45, 7) is 0. The van der Waals surface area contributed by atoms with Gasteiger partial charge in [-0.3, -0.25) is 0 Å². The molecule has 3 aromatic heterocycles. The highest BCUT2D eigenvalue weighted by Gasteiger charge is 2.18. The van der Waals surface area contributed by atoms with Crippen LogP contribution in [0.5, 0.6) is 0 Å². The first-order chi connectivity index (χ1) is 27.8. The third-order valence-corrected chi connectivity index (χ3v) is 12.0. The molecule has 11 rings (SSSR count). The van der Waals surface area contributed by atoms with Crippen LogP contribution in [0.3, 0.4) is 0 Å². The predicted molar refractivity (Wildman–Crippen MR) is 234 cm³/mol. The van der Waals surface area contributed by atoms with E-state index in [0.717, 1.165) is 22.3 Å². The van der Waals surface area contributed by atoms with Crippen molar-refractivity contribution < 1.29 is 0 Å². The van der Waals surface area contributed by atoms with Crippen molar-refractivity contribution in [3.05, 3.63) is 194 Å². The summed E-state index contributed by atoms with van der Waals surface area (Å²) in [5.74, 6) is 1.97. The monoisotopic (exact) mass is 732 g/mol. The molecule has 0 amide bonds. The van der Waals surface area contributed by atoms with Crippen molar-refractivity contribution in [1.82, 2.24) is 19.5 Å². The average molecular weight is 733 g/mol. The van der Waals surface area contributed by atoms with E-state index in [1.54, 1.807) is 0 Å². The van der Waals surface area contributed by atoms with Crippen LogP contribution in [0, 0.1) is 0 Å². The van der Waals surface area contributed by atoms with Gasteiger partial charge < -0.3 is 4.57 Å². The molecule has 262 valence electrons. The molecule has 0 atom stereocenters. The van der Waals surface area contributed by atoms with Gasteiger partial charge in [-0.1, -0.05) is 164 Å². The van der Waals surface area contributed by atoms with E-state index in [0.29, 0.717) is 17.5 Å². The van der Waals surface area contributed by atoms with Crippen molar-refractivity contribution in [2.75, 3.05) is 0 Å². The topological polar surface area (TPSA) is 43.6 Å². The molecule has 5 heteroatoms. The van der Waals surface area contributed by atoms with Gasteiger partial charge in [-0.05, 0) is 52.6 Å². The predicted octanol–water partition coefficient (Wildman–Crippen LogP) is 13.7. The van der Waals surface area contributed by atoms with Gasteiger partial charge in [-0.15, -0.1) is 11.3 Å². The number of para-hydroxylation sites is 2. The first kappa shape index (κ1) is 32.2. The zero-order valence-corrected chi connectivity index (χ0v) is 31.0. The van der Waals surface area contributed by atoms with Crippen molar-refractivity contribution in [2.24, 2.45) is 0 Å². The molecule has 4 nitrogen and oxygen atoms in total. The summed E-state index contributed by atoms with van der Waals surface area (Å²) in [6.07, 6.45) is 0. The second-order valence-electron chi connectivity index (χ2n) is 14.0. The Kier molecular flexibility index (Phi) is 7.64. The van der Waals surface area contributed by atoms with Crippen LogP contribution in [-0.4, -0.2) is 19.5 Å². The van der Waals surface area contributed by atoms with Crippen LogP contribution in [-0.2, 0) is 0 Å². The summed E-state index contributed by atoms with van der Waals surface area (Å²) < 4.78 is 4.95. The largest absolute Gasteiger partial charge is 0.309 e. The van der Waals surface area contributed by atoms with Crippen LogP contribution in [0.4, 0.5) is 0 Å². The van der Waals surface area contributed by atoms with Gasteiger partial charge in [0.1, 0.15) is 0 Å². The molecule has 0 aliphatic rings. The number of rotatable bonds is 6. The van der Waals surface area contributed by atoms with Crippen LogP contribution in [0.2, 0.25) is 0 Å². The Morgan fingerprint density at radius 2 is 0.768 bits per heavy atom. The highest BCUT2D eigenvalue weighted by molar-refractivity contribution is 7.26. The highest BCUT2D eigenvalue weighted by Crippen LogP contribution is 2.45. The van der Waals surface area contributed by atoms with Gasteiger partial charge >= 0.3 is 0 Å². The lowest BCUT2D eigenvalue weighted by molar-refractivity contribution is 1.07. The first-order valence-electron chi connectivity index (χ1n) is 18.8. The molecule has 0 aliphatic carbocycles. The first-order valence-corrected chi connectivity index (χ1v) is 19.6. The van der Waals surface area contributed by atoms with Crippen molar-refractivity contribution in [3.63, 3.8) is 0 Å². The zero-order chi connectivity index (χ0) is 37.0. The number of aromatic nitrogens is 4. The Morgan fingerprint density at radius 1 is 0.321 bits per heavy atom. The maximum absolute atomic E-state index is 4.95. The van der Waals surface area contributed by atoms with E-state index >= 15 is 0 Å². The van der Waals surface area contributed by atoms with E-state index in [1.165, 1.54) is 64.4 Å². The minimum atomic E-state index is 0.651. The van der Waals surface area contributed by atoms with E-state index in [1.807, 2.05) is 72.0 Å². The molecule has 8 aromatic carbocycles. The second-order valence-corrected chi connectivity index (χ2v) is 15.0. The number of thiophene rings is 1. The summed E-state index contributed by atoms with van der Waals surface area (Å²) in [5, 5.41) is 5.06. The molecule has 0 spiro atoms. The quantitative estimate of drug-likeness (QED) is 0.171. The lowest BCUT2D eigenvalue weighted by Gasteiger charge is -2.09. The Morgan fingerprint density at radius 3 is 1.38 bits per heavy atom. The number of hydrogen-bond acceptors (Lipinski definition) is 4. The van der Waals surface area contributed by atoms with Crippen molar-refractivity contribution in [2.45, 2.75) is 0 Å². The normalized spacial score (nSPS) is 11.6. The fourth-order valence-electron chi connectivity index (χ4n) is 8.01. The molecule has 0 saturated heterocycles. The third-order valence-electron chi connectivity index (χ3n) is 10.7. The Hall–Kier alpha value is -7.21. The number of hydrogen-bond donors (Lipinski definition) is 0. The van der Waals surface area contributed by atoms with Gasteiger partial charge in [-0.25, -0.2) is 15.0 Å². The Balaban J connectivity index is 1.01. The molecule has 0 aliphatic heterocycles. The van der Waals surface area contributed by atoms with Gasteiger partial charge in [0.25, 0.3) is 0 Å². The maximum atomic E-state index is 4.95. The summed E-state index contributed by atoms with van der Waals surface area (Å²) >= 11 is 1.88. The maximum Gasteiger partial charge on any atom is 0.164 e. The summed E-state index contributed by atoms with van der Waals surface area (Å²) in [4.78, 5) is 14.8. The lowest BCUT2D eigenvalue weighted by atomic mass is 9.99. The minimum absolute atomic E-state index is 0.651. The summed E-state index contributed by atoms with van der Waals surface area (Å²) in [5.41, 5.74) is 11.3. The van der Waals surface area contributed by atoms with Crippen LogP contribution < -0.4 is 0 Å². The van der Waals surface area contributed by atoms with Crippen molar-refractivity contribution in [3.8, 4) is 62.1 Å². The molecule has 0 radical (unpaired) electrons. The molecule has 0 fully saturated rings. The summed E-state index contributed by atoms with van der Waals surface area (Å²) in [6, 6.07) is 68.6. The average Bonchev–Trinajstić information content (AvgIpc) is 3.83. The van der Waals surface area contributed by atoms with Gasteiger partial charge in [0.15, 0.2) is 17.5 Å². The molecular formula is C51H32N4S. The van der Waals surface area contributed by atoms with Gasteiger partial charge in [0.2, 0.25) is 0 Å². The molecule has 0 unspecified atom stereocenters. The lowest BCUT2D eigenvalue weighted by Crippen LogP contribution is -2.00. The summed E-state index contributed by atoms with van der Waals surface area (Å²) in [7, 11) is 0. The molecule has 0 N–H and O–H groups in total. The molecule has 0 bridgehead atoms.